The van der Waals surface area contributed by atoms with Crippen molar-refractivity contribution in [3.05, 3.63) is 23.8 Å². The van der Waals surface area contributed by atoms with Gasteiger partial charge in [0.25, 0.3) is 0 Å². The van der Waals surface area contributed by atoms with E-state index in [2.05, 4.69) is 37.2 Å². The van der Waals surface area contributed by atoms with Gasteiger partial charge < -0.3 is 19.7 Å². The highest BCUT2D eigenvalue weighted by Crippen LogP contribution is 2.26. The molecule has 0 saturated heterocycles. The maximum absolute atomic E-state index is 5.49. The van der Waals surface area contributed by atoms with Crippen molar-refractivity contribution in [2.75, 3.05) is 40.6 Å². The zero-order valence-electron chi connectivity index (χ0n) is 16.0. The maximum Gasteiger partial charge on any atom is 0.194 e. The molecule has 1 rings (SSSR count). The number of guanidine groups is 1. The van der Waals surface area contributed by atoms with Crippen molar-refractivity contribution in [1.29, 1.82) is 0 Å². The molecule has 0 aliphatic heterocycles. The Kier molecular flexibility index (Phi) is 8.25. The van der Waals surface area contributed by atoms with Gasteiger partial charge in [0.2, 0.25) is 0 Å². The first-order valence-electron chi connectivity index (χ1n) is 8.12. The Labute approximate surface area is 150 Å². The minimum atomic E-state index is 0.124. The van der Waals surface area contributed by atoms with Crippen LogP contribution in [-0.4, -0.2) is 56.2 Å². The van der Waals surface area contributed by atoms with Crippen LogP contribution >= 0.6 is 11.8 Å². The molecule has 0 spiro atoms. The second-order valence-corrected chi connectivity index (χ2v) is 7.68. The molecule has 0 aromatic heterocycles. The number of nitrogens with one attached hydrogen (secondary N) is 1. The molecule has 0 amide bonds. The summed E-state index contributed by atoms with van der Waals surface area (Å²) >= 11 is 1.83. The van der Waals surface area contributed by atoms with Crippen LogP contribution in [-0.2, 0) is 6.54 Å². The highest BCUT2D eigenvalue weighted by atomic mass is 32.2. The van der Waals surface area contributed by atoms with Crippen molar-refractivity contribution >= 4 is 17.7 Å². The number of aliphatic imine (C=N–C) groups is 1. The van der Waals surface area contributed by atoms with E-state index >= 15 is 0 Å². The van der Waals surface area contributed by atoms with Crippen LogP contribution in [0, 0.1) is 0 Å². The summed E-state index contributed by atoms with van der Waals surface area (Å²) in [6.45, 7) is 8.80. The second kappa shape index (κ2) is 9.67. The van der Waals surface area contributed by atoms with Crippen molar-refractivity contribution < 1.29 is 9.47 Å². The van der Waals surface area contributed by atoms with E-state index in [0.29, 0.717) is 6.54 Å². The summed E-state index contributed by atoms with van der Waals surface area (Å²) in [5, 5.41) is 3.36. The molecular weight excluding hydrogens is 322 g/mol. The van der Waals surface area contributed by atoms with Crippen LogP contribution in [0.2, 0.25) is 0 Å². The zero-order valence-corrected chi connectivity index (χ0v) is 16.8. The van der Waals surface area contributed by atoms with Crippen LogP contribution < -0.4 is 14.8 Å². The first-order valence-corrected chi connectivity index (χ1v) is 9.34. The van der Waals surface area contributed by atoms with Gasteiger partial charge >= 0.3 is 0 Å². The van der Waals surface area contributed by atoms with E-state index in [1.165, 1.54) is 0 Å². The van der Waals surface area contributed by atoms with Gasteiger partial charge in [0.05, 0.1) is 20.8 Å². The van der Waals surface area contributed by atoms with Crippen LogP contribution in [0.4, 0.5) is 0 Å². The van der Waals surface area contributed by atoms with Gasteiger partial charge in [0.1, 0.15) is 11.5 Å². The smallest absolute Gasteiger partial charge is 0.194 e. The van der Waals surface area contributed by atoms with Gasteiger partial charge in [-0.2, -0.15) is 11.8 Å². The molecule has 0 unspecified atom stereocenters. The largest absolute Gasteiger partial charge is 0.497 e. The number of hydrogen-bond acceptors (Lipinski definition) is 4. The normalized spacial score (nSPS) is 12.0. The fraction of sp³-hybridized carbons (Fsp3) is 0.611. The van der Waals surface area contributed by atoms with E-state index in [1.807, 2.05) is 37.0 Å². The quantitative estimate of drug-likeness (QED) is 0.574. The molecule has 0 saturated carbocycles. The van der Waals surface area contributed by atoms with Gasteiger partial charge in [-0.3, -0.25) is 4.99 Å². The van der Waals surface area contributed by atoms with Crippen LogP contribution in [0.3, 0.4) is 0 Å². The molecule has 0 bridgehead atoms. The van der Waals surface area contributed by atoms with E-state index in [1.54, 1.807) is 14.2 Å². The molecule has 0 radical (unpaired) electrons. The Morgan fingerprint density at radius 3 is 2.54 bits per heavy atom. The van der Waals surface area contributed by atoms with Gasteiger partial charge in [-0.25, -0.2) is 0 Å². The lowest BCUT2D eigenvalue weighted by Gasteiger charge is -2.25. The Bertz CT molecular complexity index is 547. The van der Waals surface area contributed by atoms with Crippen molar-refractivity contribution in [3.63, 3.8) is 0 Å². The molecule has 24 heavy (non-hydrogen) atoms. The summed E-state index contributed by atoms with van der Waals surface area (Å²) in [6, 6.07) is 5.89. The number of ether oxygens (including phenoxy) is 2. The standard InChI is InChI=1S/C18H31N3O2S/c1-8-19-17(20-13-18(2,3)24-7)21(4)12-14-9-10-15(22-5)11-16(14)23-6/h9-11H,8,12-13H2,1-7H3,(H,19,20). The molecule has 1 N–H and O–H groups in total. The molecular formula is C18H31N3O2S. The van der Waals surface area contributed by atoms with Crippen LogP contribution in [0.25, 0.3) is 0 Å². The second-order valence-electron chi connectivity index (χ2n) is 6.17. The SMILES string of the molecule is CCNC(=NCC(C)(C)SC)N(C)Cc1ccc(OC)cc1OC. The third kappa shape index (κ3) is 6.15. The average Bonchev–Trinajstić information content (AvgIpc) is 2.58. The fourth-order valence-electron chi connectivity index (χ4n) is 2.11. The van der Waals surface area contributed by atoms with Gasteiger partial charge in [-0.1, -0.05) is 0 Å². The predicted octanol–water partition coefficient (Wildman–Crippen LogP) is 3.24. The summed E-state index contributed by atoms with van der Waals surface area (Å²) < 4.78 is 10.9. The fourth-order valence-corrected chi connectivity index (χ4v) is 2.31. The first-order chi connectivity index (χ1) is 11.4. The molecule has 1 aromatic carbocycles. The Balaban J connectivity index is 2.92. The molecule has 0 heterocycles. The molecule has 0 fully saturated rings. The van der Waals surface area contributed by atoms with Gasteiger partial charge in [0.15, 0.2) is 5.96 Å². The first kappa shape index (κ1) is 20.5. The van der Waals surface area contributed by atoms with E-state index in [4.69, 9.17) is 14.5 Å². The Hall–Kier alpha value is -1.56. The number of methoxy groups -OCH3 is 2. The lowest BCUT2D eigenvalue weighted by molar-refractivity contribution is 0.382. The van der Waals surface area contributed by atoms with E-state index < -0.39 is 0 Å². The number of benzene rings is 1. The van der Waals surface area contributed by atoms with Crippen molar-refractivity contribution in [3.8, 4) is 11.5 Å². The van der Waals surface area contributed by atoms with Gasteiger partial charge in [0, 0.05) is 36.5 Å². The molecule has 0 aliphatic carbocycles. The zero-order chi connectivity index (χ0) is 18.2. The van der Waals surface area contributed by atoms with E-state index in [0.717, 1.165) is 36.1 Å². The third-order valence-electron chi connectivity index (χ3n) is 3.76. The van der Waals surface area contributed by atoms with Crippen LogP contribution in [0.1, 0.15) is 26.3 Å². The number of nitrogens with zero attached hydrogens (tertiary/aromatic N) is 2. The summed E-state index contributed by atoms with van der Waals surface area (Å²) in [5.74, 6) is 2.51. The van der Waals surface area contributed by atoms with E-state index in [9.17, 15) is 0 Å². The minimum Gasteiger partial charge on any atom is -0.497 e. The molecule has 1 aromatic rings. The number of thioether (sulfide) groups is 1. The van der Waals surface area contributed by atoms with Crippen molar-refractivity contribution in [2.24, 2.45) is 4.99 Å². The highest BCUT2D eigenvalue weighted by Gasteiger charge is 2.17. The molecule has 6 heteroatoms. The summed E-state index contributed by atoms with van der Waals surface area (Å²) in [5.41, 5.74) is 1.09. The van der Waals surface area contributed by atoms with Gasteiger partial charge in [-0.05, 0) is 39.2 Å². The third-order valence-corrected chi connectivity index (χ3v) is 4.99. The molecule has 136 valence electrons. The van der Waals surface area contributed by atoms with Crippen molar-refractivity contribution in [2.45, 2.75) is 32.1 Å². The summed E-state index contributed by atoms with van der Waals surface area (Å²) in [4.78, 5) is 6.90. The minimum absolute atomic E-state index is 0.124. The molecule has 5 nitrogen and oxygen atoms in total. The predicted molar refractivity (Wildman–Crippen MR) is 105 cm³/mol. The van der Waals surface area contributed by atoms with Gasteiger partial charge in [-0.15, -0.1) is 0 Å². The highest BCUT2D eigenvalue weighted by molar-refractivity contribution is 7.99. The maximum atomic E-state index is 5.49. The van der Waals surface area contributed by atoms with Crippen LogP contribution in [0.5, 0.6) is 11.5 Å². The summed E-state index contributed by atoms with van der Waals surface area (Å²) in [7, 11) is 5.37. The van der Waals surface area contributed by atoms with Crippen LogP contribution in [0.15, 0.2) is 23.2 Å². The average molecular weight is 354 g/mol. The molecule has 0 aliphatic rings. The topological polar surface area (TPSA) is 46.1 Å². The Morgan fingerprint density at radius 2 is 2.00 bits per heavy atom. The Morgan fingerprint density at radius 1 is 1.29 bits per heavy atom. The lowest BCUT2D eigenvalue weighted by Crippen LogP contribution is -2.39. The van der Waals surface area contributed by atoms with Crippen molar-refractivity contribution in [1.82, 2.24) is 10.2 Å². The summed E-state index contributed by atoms with van der Waals surface area (Å²) in [6.07, 6.45) is 2.12. The number of rotatable bonds is 8. The lowest BCUT2D eigenvalue weighted by atomic mass is 10.2. The molecule has 0 atom stereocenters. The monoisotopic (exact) mass is 353 g/mol. The van der Waals surface area contributed by atoms with E-state index in [-0.39, 0.29) is 4.75 Å². The number of hydrogen-bond donors (Lipinski definition) is 1.